The highest BCUT2D eigenvalue weighted by Gasteiger charge is 2.96. The standard InChI is InChI=1S/C16H13F17O6/c1-36-7-4(35)6-5(3(2-34)37-7)38-8(39-6)9(17,18)10(19,20)11(21,22)12(23,24)13(25,26)14(27,28)15(29,30)16(31,32)33/h3-8,34-35H,2H2,1H3/t3-,4+,5-,6+,7+,8+/m1/s1. The first-order valence-corrected chi connectivity index (χ1v) is 9.63. The van der Waals surface area contributed by atoms with Gasteiger partial charge in [-0.1, -0.05) is 0 Å². The van der Waals surface area contributed by atoms with Gasteiger partial charge in [-0.2, -0.15) is 74.6 Å². The second kappa shape index (κ2) is 9.56. The maximum atomic E-state index is 14.4. The second-order valence-corrected chi connectivity index (χ2v) is 8.05. The Morgan fingerprint density at radius 2 is 0.974 bits per heavy atom. The fourth-order valence-corrected chi connectivity index (χ4v) is 3.37. The van der Waals surface area contributed by atoms with Crippen LogP contribution in [-0.4, -0.2) is 109 Å². The summed E-state index contributed by atoms with van der Waals surface area (Å²) in [6.45, 7) is -1.28. The van der Waals surface area contributed by atoms with Crippen LogP contribution in [-0.2, 0) is 18.9 Å². The molecule has 23 heteroatoms. The Kier molecular flexibility index (Phi) is 8.28. The van der Waals surface area contributed by atoms with E-state index in [0.29, 0.717) is 0 Å². The van der Waals surface area contributed by atoms with E-state index < -0.39 is 91.2 Å². The lowest BCUT2D eigenvalue weighted by molar-refractivity contribution is -0.467. The van der Waals surface area contributed by atoms with Gasteiger partial charge in [-0.3, -0.25) is 0 Å². The largest absolute Gasteiger partial charge is 0.460 e. The summed E-state index contributed by atoms with van der Waals surface area (Å²) >= 11 is 0. The molecule has 0 aromatic carbocycles. The molecule has 2 rings (SSSR count). The van der Waals surface area contributed by atoms with Gasteiger partial charge in [-0.25, -0.2) is 0 Å². The molecule has 6 atom stereocenters. The van der Waals surface area contributed by atoms with Crippen LogP contribution in [0.15, 0.2) is 0 Å². The van der Waals surface area contributed by atoms with Crippen molar-refractivity contribution in [3.63, 3.8) is 0 Å². The van der Waals surface area contributed by atoms with Crippen LogP contribution in [0.1, 0.15) is 0 Å². The van der Waals surface area contributed by atoms with Crippen molar-refractivity contribution in [2.45, 2.75) is 84.6 Å². The molecule has 0 aromatic heterocycles. The summed E-state index contributed by atoms with van der Waals surface area (Å²) in [6.07, 6.45) is -23.0. The second-order valence-electron chi connectivity index (χ2n) is 8.05. The SMILES string of the molecule is CO[C@H]1O[C@H](CO)[C@H]2O[C@H](C(F)(F)C(F)(F)C(F)(F)C(F)(F)C(F)(F)C(F)(F)C(F)(F)C(F)(F)F)O[C@H]2[C@@H]1O. The molecule has 2 heterocycles. The van der Waals surface area contributed by atoms with Crippen molar-refractivity contribution in [1.82, 2.24) is 0 Å². The van der Waals surface area contributed by atoms with E-state index in [9.17, 15) is 79.7 Å². The summed E-state index contributed by atoms with van der Waals surface area (Å²) in [7, 11) is 0.777. The number of alkyl halides is 17. The van der Waals surface area contributed by atoms with Gasteiger partial charge in [-0.05, 0) is 0 Å². The number of aliphatic hydroxyl groups excluding tert-OH is 2. The molecule has 2 aliphatic heterocycles. The number of fused-ring (bicyclic) bond motifs is 1. The number of hydrogen-bond donors (Lipinski definition) is 2. The average molecular weight is 624 g/mol. The highest BCUT2D eigenvalue weighted by Crippen LogP contribution is 2.64. The minimum Gasteiger partial charge on any atom is -0.394 e. The van der Waals surface area contributed by atoms with E-state index in [1.807, 2.05) is 0 Å². The fraction of sp³-hybridized carbons (Fsp3) is 1.00. The summed E-state index contributed by atoms with van der Waals surface area (Å²) in [5, 5.41) is 19.0. The van der Waals surface area contributed by atoms with Crippen molar-refractivity contribution < 1.29 is 104 Å². The van der Waals surface area contributed by atoms with Crippen LogP contribution in [0, 0.1) is 0 Å². The molecule has 0 aromatic rings. The Labute approximate surface area is 203 Å². The van der Waals surface area contributed by atoms with E-state index in [0.717, 1.165) is 7.11 Å². The Hall–Kier alpha value is -1.43. The lowest BCUT2D eigenvalue weighted by Crippen LogP contribution is -2.75. The molecule has 6 nitrogen and oxygen atoms in total. The van der Waals surface area contributed by atoms with Gasteiger partial charge in [0, 0.05) is 7.11 Å². The Bertz CT molecular complexity index is 893. The Morgan fingerprint density at radius 3 is 1.36 bits per heavy atom. The molecule has 2 saturated heterocycles. The van der Waals surface area contributed by atoms with Crippen LogP contribution < -0.4 is 0 Å². The quantitative estimate of drug-likeness (QED) is 0.380. The molecule has 0 spiro atoms. The molecule has 0 aliphatic carbocycles. The van der Waals surface area contributed by atoms with Crippen LogP contribution in [0.3, 0.4) is 0 Å². The summed E-state index contributed by atoms with van der Waals surface area (Å²) < 4.78 is 246. The maximum absolute atomic E-state index is 14.4. The molecule has 0 saturated carbocycles. The van der Waals surface area contributed by atoms with Crippen LogP contribution in [0.2, 0.25) is 0 Å². The predicted octanol–water partition coefficient (Wildman–Crippen LogP) is 3.83. The third-order valence-corrected chi connectivity index (χ3v) is 5.63. The lowest BCUT2D eigenvalue weighted by atomic mass is 9.89. The van der Waals surface area contributed by atoms with Crippen molar-refractivity contribution in [1.29, 1.82) is 0 Å². The van der Waals surface area contributed by atoms with Crippen LogP contribution in [0.25, 0.3) is 0 Å². The zero-order chi connectivity index (χ0) is 31.0. The molecule has 2 aliphatic rings. The monoisotopic (exact) mass is 624 g/mol. The van der Waals surface area contributed by atoms with Gasteiger partial charge in [0.2, 0.25) is 6.29 Å². The fourth-order valence-electron chi connectivity index (χ4n) is 3.37. The van der Waals surface area contributed by atoms with Crippen LogP contribution in [0.5, 0.6) is 0 Å². The first-order valence-electron chi connectivity index (χ1n) is 9.63. The minimum atomic E-state index is -8.77. The molecule has 232 valence electrons. The Morgan fingerprint density at radius 1 is 0.590 bits per heavy atom. The van der Waals surface area contributed by atoms with Crippen molar-refractivity contribution in [3.05, 3.63) is 0 Å². The van der Waals surface area contributed by atoms with E-state index in [4.69, 9.17) is 9.84 Å². The summed E-state index contributed by atoms with van der Waals surface area (Å²) in [4.78, 5) is 0. The highest BCUT2D eigenvalue weighted by atomic mass is 19.4. The number of methoxy groups -OCH3 is 1. The summed E-state index contributed by atoms with van der Waals surface area (Å²) in [6, 6.07) is 0. The summed E-state index contributed by atoms with van der Waals surface area (Å²) in [5.74, 6) is -58.0. The third kappa shape index (κ3) is 4.41. The van der Waals surface area contributed by atoms with E-state index in [1.165, 1.54) is 0 Å². The van der Waals surface area contributed by atoms with E-state index in [2.05, 4.69) is 14.2 Å². The molecule has 0 unspecified atom stereocenters. The molecule has 39 heavy (non-hydrogen) atoms. The van der Waals surface area contributed by atoms with Crippen molar-refractivity contribution in [2.75, 3.05) is 13.7 Å². The van der Waals surface area contributed by atoms with Gasteiger partial charge in [0.1, 0.15) is 24.4 Å². The van der Waals surface area contributed by atoms with Gasteiger partial charge in [-0.15, -0.1) is 0 Å². The number of hydrogen-bond acceptors (Lipinski definition) is 6. The first kappa shape index (κ1) is 33.8. The molecular formula is C16H13F17O6. The van der Waals surface area contributed by atoms with Gasteiger partial charge in [0.05, 0.1) is 6.61 Å². The third-order valence-electron chi connectivity index (χ3n) is 5.63. The Balaban J connectivity index is 2.53. The van der Waals surface area contributed by atoms with Gasteiger partial charge in [0.25, 0.3) is 0 Å². The average Bonchev–Trinajstić information content (AvgIpc) is 3.24. The molecule has 0 radical (unpaired) electrons. The number of ether oxygens (including phenoxy) is 4. The highest BCUT2D eigenvalue weighted by molar-refractivity contribution is 5.16. The first-order chi connectivity index (χ1) is 17.1. The predicted molar refractivity (Wildman–Crippen MR) is 83.0 cm³/mol. The van der Waals surface area contributed by atoms with Gasteiger partial charge >= 0.3 is 47.6 Å². The van der Waals surface area contributed by atoms with Crippen LogP contribution >= 0.6 is 0 Å². The molecule has 0 bridgehead atoms. The topological polar surface area (TPSA) is 77.4 Å². The number of rotatable bonds is 9. The van der Waals surface area contributed by atoms with Gasteiger partial charge in [0.15, 0.2) is 6.29 Å². The van der Waals surface area contributed by atoms with E-state index in [1.54, 1.807) is 0 Å². The smallest absolute Gasteiger partial charge is 0.394 e. The normalized spacial score (nSPS) is 30.5. The number of halogens is 17. The number of aliphatic hydroxyl groups is 2. The molecular weight excluding hydrogens is 611 g/mol. The zero-order valence-electron chi connectivity index (χ0n) is 18.1. The lowest BCUT2D eigenvalue weighted by Gasteiger charge is -2.43. The maximum Gasteiger partial charge on any atom is 0.460 e. The van der Waals surface area contributed by atoms with Crippen molar-refractivity contribution >= 4 is 0 Å². The minimum absolute atomic E-state index is 0.777. The molecule has 0 amide bonds. The molecule has 2 N–H and O–H groups in total. The van der Waals surface area contributed by atoms with E-state index >= 15 is 0 Å². The zero-order valence-corrected chi connectivity index (χ0v) is 18.1. The van der Waals surface area contributed by atoms with Crippen molar-refractivity contribution in [2.24, 2.45) is 0 Å². The van der Waals surface area contributed by atoms with Crippen LogP contribution in [0.4, 0.5) is 74.6 Å². The van der Waals surface area contributed by atoms with Gasteiger partial charge < -0.3 is 29.2 Å². The van der Waals surface area contributed by atoms with E-state index in [-0.39, 0.29) is 0 Å². The molecule has 2 fully saturated rings. The van der Waals surface area contributed by atoms with Crippen molar-refractivity contribution in [3.8, 4) is 0 Å². The summed E-state index contributed by atoms with van der Waals surface area (Å²) in [5.41, 5.74) is 0.